The molecule has 0 amide bonds. The maximum atomic E-state index is 13.0. The zero-order valence-electron chi connectivity index (χ0n) is 12.4. The van der Waals surface area contributed by atoms with Crippen molar-refractivity contribution in [2.75, 3.05) is 6.26 Å². The van der Waals surface area contributed by atoms with Gasteiger partial charge >= 0.3 is 6.18 Å². The minimum Gasteiger partial charge on any atom is -0.268 e. The van der Waals surface area contributed by atoms with Crippen LogP contribution in [0, 0.1) is 0 Å². The molecule has 0 radical (unpaired) electrons. The predicted octanol–water partition coefficient (Wildman–Crippen LogP) is 3.14. The molecule has 4 nitrogen and oxygen atoms in total. The van der Waals surface area contributed by atoms with Gasteiger partial charge in [-0.2, -0.15) is 13.2 Å². The summed E-state index contributed by atoms with van der Waals surface area (Å²) in [7, 11) is -1.59. The summed E-state index contributed by atoms with van der Waals surface area (Å²) < 4.78 is 51.7. The van der Waals surface area contributed by atoms with E-state index in [0.29, 0.717) is 5.39 Å². The number of hydrogen-bond donors (Lipinski definition) is 0. The summed E-state index contributed by atoms with van der Waals surface area (Å²) in [6.07, 6.45) is -1.75. The molecular formula is C16H11F3N2O2S. The first-order valence-corrected chi connectivity index (χ1v) is 8.36. The second kappa shape index (κ2) is 5.86. The Bertz CT molecular complexity index is 1010. The van der Waals surface area contributed by atoms with Crippen molar-refractivity contribution in [3.05, 3.63) is 64.6 Å². The lowest BCUT2D eigenvalue weighted by atomic mass is 10.2. The van der Waals surface area contributed by atoms with Crippen molar-refractivity contribution in [3.63, 3.8) is 0 Å². The van der Waals surface area contributed by atoms with Crippen molar-refractivity contribution < 1.29 is 17.4 Å². The molecular weight excluding hydrogens is 341 g/mol. The van der Waals surface area contributed by atoms with Crippen LogP contribution in [0.15, 0.2) is 58.4 Å². The van der Waals surface area contributed by atoms with E-state index in [-0.39, 0.29) is 16.2 Å². The first-order chi connectivity index (χ1) is 11.3. The Hall–Kier alpha value is -2.48. The van der Waals surface area contributed by atoms with E-state index in [1.54, 1.807) is 12.1 Å². The monoisotopic (exact) mass is 352 g/mol. The molecule has 1 atom stereocenters. The Balaban J connectivity index is 2.40. The van der Waals surface area contributed by atoms with Gasteiger partial charge in [-0.25, -0.2) is 4.98 Å². The fraction of sp³-hybridized carbons (Fsp3) is 0.125. The number of benzene rings is 1. The fourth-order valence-corrected chi connectivity index (χ4v) is 3.02. The molecule has 0 aliphatic rings. The van der Waals surface area contributed by atoms with Crippen molar-refractivity contribution in [1.29, 1.82) is 0 Å². The average molecular weight is 352 g/mol. The summed E-state index contributed by atoms with van der Waals surface area (Å²) in [5.41, 5.74) is -1.30. The molecule has 3 rings (SSSR count). The Kier molecular flexibility index (Phi) is 4.00. The summed E-state index contributed by atoms with van der Waals surface area (Å²) in [4.78, 5) is 16.7. The smallest absolute Gasteiger partial charge is 0.268 e. The first-order valence-electron chi connectivity index (χ1n) is 6.81. The first kappa shape index (κ1) is 16.4. The molecule has 2 heterocycles. The number of rotatable bonds is 2. The third kappa shape index (κ3) is 2.84. The number of alkyl halides is 3. The molecule has 2 aromatic heterocycles. The van der Waals surface area contributed by atoms with Crippen LogP contribution in [0.5, 0.6) is 0 Å². The summed E-state index contributed by atoms with van der Waals surface area (Å²) in [6.45, 7) is 0. The van der Waals surface area contributed by atoms with Crippen LogP contribution in [0.4, 0.5) is 13.2 Å². The third-order valence-electron chi connectivity index (χ3n) is 3.47. The minimum absolute atomic E-state index is 0.00733. The van der Waals surface area contributed by atoms with Crippen molar-refractivity contribution in [2.24, 2.45) is 0 Å². The maximum absolute atomic E-state index is 13.0. The van der Waals surface area contributed by atoms with Gasteiger partial charge in [-0.1, -0.05) is 6.07 Å². The van der Waals surface area contributed by atoms with E-state index in [1.165, 1.54) is 30.7 Å². The molecule has 0 N–H and O–H groups in total. The highest BCUT2D eigenvalue weighted by Gasteiger charge is 2.30. The molecule has 0 saturated carbocycles. The molecule has 3 aromatic rings. The van der Waals surface area contributed by atoms with Crippen LogP contribution in [-0.2, 0) is 17.0 Å². The normalized spacial score (nSPS) is 13.2. The van der Waals surface area contributed by atoms with Crippen LogP contribution in [0.1, 0.15) is 5.56 Å². The Morgan fingerprint density at radius 1 is 1.12 bits per heavy atom. The molecule has 0 spiro atoms. The SMILES string of the molecule is CS(=O)c1cc2cccnc2n(-c2cccc(C(F)(F)F)c2)c1=O. The number of pyridine rings is 2. The third-order valence-corrected chi connectivity index (χ3v) is 4.38. The number of halogens is 3. The highest BCUT2D eigenvalue weighted by atomic mass is 32.2. The van der Waals surface area contributed by atoms with Gasteiger partial charge in [-0.05, 0) is 36.4 Å². The van der Waals surface area contributed by atoms with Gasteiger partial charge in [0.25, 0.3) is 5.56 Å². The fourth-order valence-electron chi connectivity index (χ4n) is 2.39. The molecule has 0 saturated heterocycles. The van der Waals surface area contributed by atoms with E-state index >= 15 is 0 Å². The lowest BCUT2D eigenvalue weighted by molar-refractivity contribution is -0.137. The molecule has 0 aliphatic carbocycles. The van der Waals surface area contributed by atoms with Gasteiger partial charge in [0.2, 0.25) is 0 Å². The van der Waals surface area contributed by atoms with Crippen molar-refractivity contribution in [1.82, 2.24) is 9.55 Å². The van der Waals surface area contributed by atoms with Crippen LogP contribution < -0.4 is 5.56 Å². The maximum Gasteiger partial charge on any atom is 0.416 e. The highest BCUT2D eigenvalue weighted by Crippen LogP contribution is 2.30. The van der Waals surface area contributed by atoms with Crippen molar-refractivity contribution >= 4 is 21.8 Å². The summed E-state index contributed by atoms with van der Waals surface area (Å²) in [6, 6.07) is 9.13. The van der Waals surface area contributed by atoms with Crippen LogP contribution >= 0.6 is 0 Å². The molecule has 124 valence electrons. The van der Waals surface area contributed by atoms with Gasteiger partial charge in [0.1, 0.15) is 10.5 Å². The minimum atomic E-state index is -4.53. The van der Waals surface area contributed by atoms with Gasteiger partial charge in [0.05, 0.1) is 22.1 Å². The number of hydrogen-bond acceptors (Lipinski definition) is 3. The average Bonchev–Trinajstić information content (AvgIpc) is 2.53. The highest BCUT2D eigenvalue weighted by molar-refractivity contribution is 7.84. The Labute approximate surface area is 137 Å². The summed E-state index contributed by atoms with van der Waals surface area (Å²) in [5, 5.41) is 0.514. The largest absolute Gasteiger partial charge is 0.416 e. The molecule has 8 heteroatoms. The Morgan fingerprint density at radius 2 is 1.88 bits per heavy atom. The number of aromatic nitrogens is 2. The zero-order chi connectivity index (χ0) is 17.5. The predicted molar refractivity (Wildman–Crippen MR) is 84.7 cm³/mol. The van der Waals surface area contributed by atoms with E-state index < -0.39 is 28.1 Å². The van der Waals surface area contributed by atoms with E-state index in [9.17, 15) is 22.2 Å². The standard InChI is InChI=1S/C16H11F3N2O2S/c1-24(23)13-8-10-4-3-7-20-14(10)21(15(13)22)12-6-2-5-11(9-12)16(17,18)19/h2-9H,1H3. The molecule has 1 aromatic carbocycles. The van der Waals surface area contributed by atoms with Crippen molar-refractivity contribution in [3.8, 4) is 5.69 Å². The zero-order valence-corrected chi connectivity index (χ0v) is 13.2. The summed E-state index contributed by atoms with van der Waals surface area (Å²) in [5.74, 6) is 0. The van der Waals surface area contributed by atoms with Crippen LogP contribution in [0.25, 0.3) is 16.7 Å². The summed E-state index contributed by atoms with van der Waals surface area (Å²) >= 11 is 0. The van der Waals surface area contributed by atoms with Crippen LogP contribution in [-0.4, -0.2) is 20.0 Å². The van der Waals surface area contributed by atoms with E-state index in [2.05, 4.69) is 4.98 Å². The van der Waals surface area contributed by atoms with E-state index in [1.807, 2.05) is 0 Å². The van der Waals surface area contributed by atoms with Gasteiger partial charge in [-0.3, -0.25) is 13.6 Å². The second-order valence-electron chi connectivity index (χ2n) is 5.07. The lowest BCUT2D eigenvalue weighted by Crippen LogP contribution is -2.24. The topological polar surface area (TPSA) is 52.0 Å². The van der Waals surface area contributed by atoms with Crippen LogP contribution in [0.2, 0.25) is 0 Å². The van der Waals surface area contributed by atoms with Gasteiger partial charge < -0.3 is 0 Å². The molecule has 24 heavy (non-hydrogen) atoms. The van der Waals surface area contributed by atoms with E-state index in [0.717, 1.165) is 16.7 Å². The van der Waals surface area contributed by atoms with E-state index in [4.69, 9.17) is 0 Å². The van der Waals surface area contributed by atoms with Crippen LogP contribution in [0.3, 0.4) is 0 Å². The number of nitrogens with zero attached hydrogens (tertiary/aromatic N) is 2. The number of fused-ring (bicyclic) bond motifs is 1. The molecule has 1 unspecified atom stereocenters. The van der Waals surface area contributed by atoms with Crippen molar-refractivity contribution in [2.45, 2.75) is 11.1 Å². The Morgan fingerprint density at radius 3 is 2.54 bits per heavy atom. The van der Waals surface area contributed by atoms with Gasteiger partial charge in [0.15, 0.2) is 0 Å². The quantitative estimate of drug-likeness (QED) is 0.712. The van der Waals surface area contributed by atoms with Gasteiger partial charge in [0, 0.05) is 17.8 Å². The molecule has 0 bridgehead atoms. The van der Waals surface area contributed by atoms with Gasteiger partial charge in [-0.15, -0.1) is 0 Å². The lowest BCUT2D eigenvalue weighted by Gasteiger charge is -2.13. The molecule has 0 aliphatic heterocycles. The second-order valence-corrected chi connectivity index (χ2v) is 6.42. The molecule has 0 fully saturated rings.